The van der Waals surface area contributed by atoms with E-state index < -0.39 is 5.82 Å². The number of carbonyl (C=O) groups is 1. The van der Waals surface area contributed by atoms with Crippen molar-refractivity contribution in [3.63, 3.8) is 0 Å². The summed E-state index contributed by atoms with van der Waals surface area (Å²) in [5.41, 5.74) is 3.99. The number of amides is 1. The van der Waals surface area contributed by atoms with Gasteiger partial charge >= 0.3 is 0 Å². The number of anilines is 1. The second kappa shape index (κ2) is 7.67. The maximum Gasteiger partial charge on any atom is 0.274 e. The molecule has 9 heteroatoms. The maximum atomic E-state index is 13.5. The van der Waals surface area contributed by atoms with Gasteiger partial charge in [0.05, 0.1) is 35.0 Å². The van der Waals surface area contributed by atoms with Crippen LogP contribution in [0, 0.1) is 5.82 Å². The number of hydrogen-bond acceptors (Lipinski definition) is 4. The highest BCUT2D eigenvalue weighted by Crippen LogP contribution is 2.39. The second-order valence-electron chi connectivity index (χ2n) is 8.15. The number of benzene rings is 1. The highest BCUT2D eigenvalue weighted by atomic mass is 35.5. The van der Waals surface area contributed by atoms with Crippen molar-refractivity contribution in [3.8, 4) is 0 Å². The molecule has 4 aromatic heterocycles. The topological polar surface area (TPSA) is 77.1 Å². The van der Waals surface area contributed by atoms with Crippen LogP contribution in [-0.2, 0) is 6.54 Å². The van der Waals surface area contributed by atoms with Gasteiger partial charge < -0.3 is 5.32 Å². The van der Waals surface area contributed by atoms with E-state index >= 15 is 0 Å². The Morgan fingerprint density at radius 1 is 1.18 bits per heavy atom. The predicted octanol–water partition coefficient (Wildman–Crippen LogP) is 5.05. The molecule has 6 rings (SSSR count). The van der Waals surface area contributed by atoms with E-state index in [0.29, 0.717) is 34.3 Å². The van der Waals surface area contributed by atoms with Gasteiger partial charge in [-0.2, -0.15) is 5.10 Å². The zero-order valence-corrected chi connectivity index (χ0v) is 18.1. The molecule has 7 nitrogen and oxygen atoms in total. The van der Waals surface area contributed by atoms with Gasteiger partial charge in [-0.25, -0.2) is 9.37 Å². The fourth-order valence-electron chi connectivity index (χ4n) is 4.06. The van der Waals surface area contributed by atoms with Crippen molar-refractivity contribution in [3.05, 3.63) is 89.0 Å². The first-order chi connectivity index (χ1) is 16.1. The summed E-state index contributed by atoms with van der Waals surface area (Å²) < 4.78 is 16.8. The first-order valence-electron chi connectivity index (χ1n) is 10.6. The Labute approximate surface area is 192 Å². The van der Waals surface area contributed by atoms with Crippen LogP contribution < -0.4 is 5.32 Å². The zero-order chi connectivity index (χ0) is 22.5. The monoisotopic (exact) mass is 460 g/mol. The van der Waals surface area contributed by atoms with Gasteiger partial charge in [-0.05, 0) is 43.2 Å². The van der Waals surface area contributed by atoms with Gasteiger partial charge in [-0.15, -0.1) is 0 Å². The fourth-order valence-corrected chi connectivity index (χ4v) is 4.35. The smallest absolute Gasteiger partial charge is 0.274 e. The number of aromatic nitrogens is 5. The van der Waals surface area contributed by atoms with E-state index in [9.17, 15) is 9.18 Å². The van der Waals surface area contributed by atoms with Gasteiger partial charge in [0.1, 0.15) is 17.2 Å². The highest BCUT2D eigenvalue weighted by Gasteiger charge is 2.25. The molecule has 5 aromatic rings. The Morgan fingerprint density at radius 2 is 2.03 bits per heavy atom. The minimum Gasteiger partial charge on any atom is -0.320 e. The van der Waals surface area contributed by atoms with Crippen molar-refractivity contribution in [1.82, 2.24) is 24.1 Å². The summed E-state index contributed by atoms with van der Waals surface area (Å²) in [6, 6.07) is 14.1. The maximum absolute atomic E-state index is 13.5. The summed E-state index contributed by atoms with van der Waals surface area (Å²) >= 11 is 6.50. The molecule has 1 fully saturated rings. The molecule has 0 bridgehead atoms. The molecule has 0 unspecified atom stereocenters. The Balaban J connectivity index is 1.32. The normalized spacial score (nSPS) is 13.6. The van der Waals surface area contributed by atoms with Crippen molar-refractivity contribution in [2.45, 2.75) is 25.3 Å². The van der Waals surface area contributed by atoms with Gasteiger partial charge in [0.2, 0.25) is 0 Å². The van der Waals surface area contributed by atoms with E-state index in [1.165, 1.54) is 41.8 Å². The molecule has 1 aliphatic carbocycles. The lowest BCUT2D eigenvalue weighted by Gasteiger charge is -2.08. The van der Waals surface area contributed by atoms with E-state index in [4.69, 9.17) is 16.6 Å². The number of imidazole rings is 1. The van der Waals surface area contributed by atoms with Crippen LogP contribution in [0.15, 0.2) is 60.9 Å². The van der Waals surface area contributed by atoms with E-state index in [-0.39, 0.29) is 11.6 Å². The summed E-state index contributed by atoms with van der Waals surface area (Å²) in [4.78, 5) is 21.9. The minimum absolute atomic E-state index is 0.284. The molecule has 0 radical (unpaired) electrons. The molecule has 1 saturated carbocycles. The van der Waals surface area contributed by atoms with Crippen molar-refractivity contribution in [2.24, 2.45) is 0 Å². The van der Waals surface area contributed by atoms with E-state index in [2.05, 4.69) is 21.5 Å². The fraction of sp³-hybridized carbons (Fsp3) is 0.167. The number of halogens is 2. The average molecular weight is 461 g/mol. The first-order valence-corrected chi connectivity index (χ1v) is 11.0. The minimum atomic E-state index is -0.416. The largest absolute Gasteiger partial charge is 0.320 e. The number of rotatable bonds is 5. The van der Waals surface area contributed by atoms with Crippen LogP contribution in [-0.4, -0.2) is 30.1 Å². The van der Waals surface area contributed by atoms with Crippen LogP contribution in [0.1, 0.15) is 40.6 Å². The highest BCUT2D eigenvalue weighted by molar-refractivity contribution is 6.35. The lowest BCUT2D eigenvalue weighted by Crippen LogP contribution is -2.14. The van der Waals surface area contributed by atoms with Gasteiger partial charge in [-0.1, -0.05) is 23.7 Å². The van der Waals surface area contributed by atoms with Crippen molar-refractivity contribution in [1.29, 1.82) is 0 Å². The average Bonchev–Trinajstić information content (AvgIpc) is 3.50. The van der Waals surface area contributed by atoms with Crippen LogP contribution in [0.4, 0.5) is 10.1 Å². The molecule has 1 aromatic carbocycles. The van der Waals surface area contributed by atoms with Gasteiger partial charge in [-0.3, -0.25) is 18.9 Å². The molecule has 1 amide bonds. The lowest BCUT2D eigenvalue weighted by atomic mass is 10.2. The summed E-state index contributed by atoms with van der Waals surface area (Å²) in [7, 11) is 0. The summed E-state index contributed by atoms with van der Waals surface area (Å²) in [5.74, 6) is -0.230. The number of hydrogen-bond donors (Lipinski definition) is 1. The first kappa shape index (κ1) is 19.9. The van der Waals surface area contributed by atoms with Crippen LogP contribution in [0.5, 0.6) is 0 Å². The molecule has 1 aliphatic rings. The summed E-state index contributed by atoms with van der Waals surface area (Å²) in [5, 5.41) is 8.33. The van der Waals surface area contributed by atoms with Crippen LogP contribution >= 0.6 is 11.6 Å². The van der Waals surface area contributed by atoms with Crippen LogP contribution in [0.2, 0.25) is 5.15 Å². The van der Waals surface area contributed by atoms with Gasteiger partial charge in [0.25, 0.3) is 5.91 Å². The van der Waals surface area contributed by atoms with Crippen molar-refractivity contribution in [2.75, 3.05) is 5.32 Å². The number of nitrogens with one attached hydrogen (secondary N) is 1. The third-order valence-electron chi connectivity index (χ3n) is 5.83. The summed E-state index contributed by atoms with van der Waals surface area (Å²) in [6.07, 6.45) is 5.27. The molecule has 1 N–H and O–H groups in total. The molecule has 0 saturated heterocycles. The SMILES string of the molecule is O=C(Nc1cccc2c1c(Cl)nn2Cc1cccc(C2CC2)n1)c1cnc2cc(F)ccn12. The number of carbonyl (C=O) groups excluding carboxylic acids is 1. The van der Waals surface area contributed by atoms with E-state index in [1.54, 1.807) is 10.7 Å². The molecule has 33 heavy (non-hydrogen) atoms. The molecule has 4 heterocycles. The van der Waals surface area contributed by atoms with E-state index in [0.717, 1.165) is 16.9 Å². The van der Waals surface area contributed by atoms with Crippen LogP contribution in [0.3, 0.4) is 0 Å². The standard InChI is InChI=1S/C24H18ClFN6O/c25-23-22-18(29-24(33)20-12-27-21-11-15(26)9-10-31(20)21)5-2-6-19(22)32(30-23)13-16-3-1-4-17(28-16)14-7-8-14/h1-6,9-12,14H,7-8,13H2,(H,29,33). The number of nitrogens with zero attached hydrogens (tertiary/aromatic N) is 5. The van der Waals surface area contributed by atoms with Gasteiger partial charge in [0.15, 0.2) is 5.15 Å². The molecular formula is C24H18ClFN6O. The number of pyridine rings is 2. The summed E-state index contributed by atoms with van der Waals surface area (Å²) in [6.45, 7) is 0.472. The molecular weight excluding hydrogens is 443 g/mol. The zero-order valence-electron chi connectivity index (χ0n) is 17.4. The molecule has 164 valence electrons. The third-order valence-corrected chi connectivity index (χ3v) is 6.09. The molecule has 0 atom stereocenters. The lowest BCUT2D eigenvalue weighted by molar-refractivity contribution is 0.102. The van der Waals surface area contributed by atoms with E-state index in [1.807, 2.05) is 24.3 Å². The number of fused-ring (bicyclic) bond motifs is 2. The quantitative estimate of drug-likeness (QED) is 0.398. The predicted molar refractivity (Wildman–Crippen MR) is 123 cm³/mol. The van der Waals surface area contributed by atoms with Crippen molar-refractivity contribution < 1.29 is 9.18 Å². The van der Waals surface area contributed by atoms with Crippen LogP contribution in [0.25, 0.3) is 16.6 Å². The Kier molecular flexibility index (Phi) is 4.62. The van der Waals surface area contributed by atoms with Crippen molar-refractivity contribution >= 4 is 39.7 Å². The Hall–Kier alpha value is -3.78. The second-order valence-corrected chi connectivity index (χ2v) is 8.50. The molecule has 0 aliphatic heterocycles. The van der Waals surface area contributed by atoms with Gasteiger partial charge in [0, 0.05) is 23.9 Å². The Bertz CT molecular complexity index is 1540. The molecule has 0 spiro atoms. The Morgan fingerprint density at radius 3 is 2.88 bits per heavy atom. The third kappa shape index (κ3) is 3.62.